The minimum absolute atomic E-state index is 0.156. The van der Waals surface area contributed by atoms with Gasteiger partial charge in [0, 0.05) is 10.2 Å². The van der Waals surface area contributed by atoms with Gasteiger partial charge in [0.15, 0.2) is 5.78 Å². The highest BCUT2D eigenvalue weighted by Gasteiger charge is 2.19. The Morgan fingerprint density at radius 2 is 1.92 bits per heavy atom. The van der Waals surface area contributed by atoms with Crippen LogP contribution >= 0.6 is 39.3 Å². The molecule has 0 bridgehead atoms. The van der Waals surface area contributed by atoms with Crippen LogP contribution in [0.15, 0.2) is 56.8 Å². The van der Waals surface area contributed by atoms with Crippen molar-refractivity contribution in [2.45, 2.75) is 17.7 Å². The van der Waals surface area contributed by atoms with Gasteiger partial charge in [0.2, 0.25) is 5.43 Å². The van der Waals surface area contributed by atoms with Gasteiger partial charge >= 0.3 is 0 Å². The number of ketones is 1. The SMILES string of the molecule is CC(=O)c1c(SCc2ccccc2)[nH]c2c(Br)ccc(Cl)c2c1=O. The van der Waals surface area contributed by atoms with E-state index in [4.69, 9.17) is 11.6 Å². The number of halogens is 2. The fourth-order valence-corrected chi connectivity index (χ4v) is 4.19. The van der Waals surface area contributed by atoms with E-state index in [1.807, 2.05) is 30.3 Å². The van der Waals surface area contributed by atoms with E-state index in [9.17, 15) is 9.59 Å². The number of hydrogen-bond donors (Lipinski definition) is 1. The van der Waals surface area contributed by atoms with Gasteiger partial charge in [-0.1, -0.05) is 41.9 Å². The summed E-state index contributed by atoms with van der Waals surface area (Å²) in [5, 5.41) is 1.23. The summed E-state index contributed by atoms with van der Waals surface area (Å²) in [5.41, 5.74) is 1.54. The Hall–Kier alpha value is -1.56. The lowest BCUT2D eigenvalue weighted by Gasteiger charge is -2.11. The molecule has 0 aliphatic carbocycles. The first-order valence-corrected chi connectivity index (χ1v) is 9.36. The number of pyridine rings is 1. The van der Waals surface area contributed by atoms with E-state index in [1.165, 1.54) is 18.7 Å². The van der Waals surface area contributed by atoms with E-state index in [-0.39, 0.29) is 16.8 Å². The molecule has 0 saturated heterocycles. The molecular weight excluding hydrogens is 410 g/mol. The molecular formula is C18H13BrClNO2S. The third kappa shape index (κ3) is 3.29. The maximum atomic E-state index is 12.8. The van der Waals surface area contributed by atoms with Crippen molar-refractivity contribution in [1.29, 1.82) is 0 Å². The van der Waals surface area contributed by atoms with Crippen LogP contribution in [-0.2, 0) is 5.75 Å². The fraction of sp³-hybridized carbons (Fsp3) is 0.111. The number of nitrogens with one attached hydrogen (secondary N) is 1. The lowest BCUT2D eigenvalue weighted by Crippen LogP contribution is -2.17. The molecule has 0 spiro atoms. The molecule has 0 amide bonds. The highest BCUT2D eigenvalue weighted by Crippen LogP contribution is 2.31. The zero-order valence-corrected chi connectivity index (χ0v) is 15.9. The largest absolute Gasteiger partial charge is 0.348 e. The van der Waals surface area contributed by atoms with Crippen molar-refractivity contribution in [1.82, 2.24) is 4.98 Å². The van der Waals surface area contributed by atoms with E-state index in [0.717, 1.165) is 10.0 Å². The van der Waals surface area contributed by atoms with Gasteiger partial charge in [0.1, 0.15) is 0 Å². The molecule has 0 saturated carbocycles. The van der Waals surface area contributed by atoms with E-state index >= 15 is 0 Å². The van der Waals surface area contributed by atoms with Crippen LogP contribution in [0.3, 0.4) is 0 Å². The van der Waals surface area contributed by atoms with Gasteiger partial charge in [-0.3, -0.25) is 9.59 Å². The predicted molar refractivity (Wildman–Crippen MR) is 103 cm³/mol. The van der Waals surface area contributed by atoms with Gasteiger partial charge in [0.05, 0.1) is 26.5 Å². The smallest absolute Gasteiger partial charge is 0.202 e. The van der Waals surface area contributed by atoms with E-state index in [1.54, 1.807) is 12.1 Å². The van der Waals surface area contributed by atoms with Crippen LogP contribution in [0.5, 0.6) is 0 Å². The lowest BCUT2D eigenvalue weighted by molar-refractivity contribution is 0.101. The van der Waals surface area contributed by atoms with Crippen LogP contribution in [0.1, 0.15) is 22.8 Å². The van der Waals surface area contributed by atoms with Gasteiger partial charge in [0.25, 0.3) is 0 Å². The maximum absolute atomic E-state index is 12.8. The normalized spacial score (nSPS) is 11.0. The lowest BCUT2D eigenvalue weighted by atomic mass is 10.1. The number of rotatable bonds is 4. The van der Waals surface area contributed by atoms with E-state index in [2.05, 4.69) is 20.9 Å². The summed E-state index contributed by atoms with van der Waals surface area (Å²) < 4.78 is 0.732. The Bertz CT molecular complexity index is 986. The van der Waals surface area contributed by atoms with Gasteiger partial charge in [-0.2, -0.15) is 0 Å². The molecule has 0 atom stereocenters. The molecule has 122 valence electrons. The highest BCUT2D eigenvalue weighted by molar-refractivity contribution is 9.10. The minimum Gasteiger partial charge on any atom is -0.348 e. The van der Waals surface area contributed by atoms with Gasteiger partial charge in [-0.15, -0.1) is 11.8 Å². The number of thioether (sulfide) groups is 1. The number of benzene rings is 2. The zero-order chi connectivity index (χ0) is 17.3. The first kappa shape index (κ1) is 17.3. The van der Waals surface area contributed by atoms with Crippen molar-refractivity contribution >= 4 is 56.0 Å². The van der Waals surface area contributed by atoms with Crippen molar-refractivity contribution in [3.05, 3.63) is 73.3 Å². The third-order valence-electron chi connectivity index (χ3n) is 3.60. The molecule has 1 heterocycles. The second-order valence-electron chi connectivity index (χ2n) is 5.27. The summed E-state index contributed by atoms with van der Waals surface area (Å²) in [7, 11) is 0. The molecule has 0 aliphatic heterocycles. The summed E-state index contributed by atoms with van der Waals surface area (Å²) in [6.45, 7) is 1.40. The molecule has 1 N–H and O–H groups in total. The minimum atomic E-state index is -0.335. The number of Topliss-reactive ketones (excluding diaryl/α,β-unsaturated/α-hetero) is 1. The number of fused-ring (bicyclic) bond motifs is 1. The van der Waals surface area contributed by atoms with E-state index in [0.29, 0.717) is 26.7 Å². The first-order chi connectivity index (χ1) is 11.5. The molecule has 0 unspecified atom stereocenters. The second-order valence-corrected chi connectivity index (χ2v) is 7.52. The van der Waals surface area contributed by atoms with Gasteiger partial charge in [-0.25, -0.2) is 0 Å². The first-order valence-electron chi connectivity index (χ1n) is 7.20. The molecule has 0 aliphatic rings. The number of carbonyl (C=O) groups is 1. The zero-order valence-electron chi connectivity index (χ0n) is 12.7. The quantitative estimate of drug-likeness (QED) is 0.450. The standard InChI is InChI=1S/C18H13BrClNO2S/c1-10(22)14-17(23)15-13(20)8-7-12(19)16(15)21-18(14)24-9-11-5-3-2-4-6-11/h2-8H,9H2,1H3,(H,21,23). The predicted octanol–water partition coefficient (Wildman–Crippen LogP) is 5.44. The van der Waals surface area contributed by atoms with Gasteiger partial charge in [-0.05, 0) is 40.5 Å². The van der Waals surface area contributed by atoms with Crippen molar-refractivity contribution in [3.63, 3.8) is 0 Å². The highest BCUT2D eigenvalue weighted by atomic mass is 79.9. The topological polar surface area (TPSA) is 49.9 Å². The third-order valence-corrected chi connectivity index (χ3v) is 5.65. The number of aromatic nitrogens is 1. The number of aromatic amines is 1. The Kier molecular flexibility index (Phi) is 5.13. The molecule has 3 rings (SSSR count). The molecule has 1 aromatic heterocycles. The second kappa shape index (κ2) is 7.13. The molecule has 6 heteroatoms. The fourth-order valence-electron chi connectivity index (χ4n) is 2.46. The summed E-state index contributed by atoms with van der Waals surface area (Å²) in [6, 6.07) is 13.3. The summed E-state index contributed by atoms with van der Waals surface area (Å²) >= 11 is 11.0. The van der Waals surface area contributed by atoms with Crippen molar-refractivity contribution < 1.29 is 4.79 Å². The number of H-pyrrole nitrogens is 1. The maximum Gasteiger partial charge on any atom is 0.202 e. The van der Waals surface area contributed by atoms with E-state index < -0.39 is 0 Å². The molecule has 24 heavy (non-hydrogen) atoms. The molecule has 3 nitrogen and oxygen atoms in total. The molecule has 2 aromatic carbocycles. The Labute approximate surface area is 156 Å². The van der Waals surface area contributed by atoms with Crippen LogP contribution in [-0.4, -0.2) is 10.8 Å². The summed E-state index contributed by atoms with van der Waals surface area (Å²) in [6.07, 6.45) is 0. The summed E-state index contributed by atoms with van der Waals surface area (Å²) in [4.78, 5) is 28.1. The average Bonchev–Trinajstić information content (AvgIpc) is 2.56. The van der Waals surface area contributed by atoms with Crippen molar-refractivity contribution in [2.24, 2.45) is 0 Å². The monoisotopic (exact) mass is 421 g/mol. The Balaban J connectivity index is 2.16. The Morgan fingerprint density at radius 3 is 2.58 bits per heavy atom. The van der Waals surface area contributed by atoms with Crippen LogP contribution in [0.25, 0.3) is 10.9 Å². The van der Waals surface area contributed by atoms with Crippen LogP contribution < -0.4 is 5.43 Å². The average molecular weight is 423 g/mol. The van der Waals surface area contributed by atoms with Crippen LogP contribution in [0.4, 0.5) is 0 Å². The molecule has 0 fully saturated rings. The summed E-state index contributed by atoms with van der Waals surface area (Å²) in [5.74, 6) is 0.380. The van der Waals surface area contributed by atoms with Crippen molar-refractivity contribution in [3.8, 4) is 0 Å². The Morgan fingerprint density at radius 1 is 1.21 bits per heavy atom. The number of hydrogen-bond acceptors (Lipinski definition) is 3. The van der Waals surface area contributed by atoms with Crippen LogP contribution in [0.2, 0.25) is 5.02 Å². The van der Waals surface area contributed by atoms with Crippen LogP contribution in [0, 0.1) is 0 Å². The number of carbonyl (C=O) groups excluding carboxylic acids is 1. The van der Waals surface area contributed by atoms with Crippen molar-refractivity contribution in [2.75, 3.05) is 0 Å². The molecule has 3 aromatic rings. The van der Waals surface area contributed by atoms with Gasteiger partial charge < -0.3 is 4.98 Å². The molecule has 0 radical (unpaired) electrons.